The molecular formula is C29H26N4O2. The SMILES string of the molecule is Cc1c(-c2nc(N)c(C3CCC3)c3c(=O)c(-c4ccccc4)c(-c4ccccc4)oc23)cnn1C. The van der Waals surface area contributed by atoms with Crippen LogP contribution in [-0.2, 0) is 7.05 Å². The number of anilines is 1. The molecule has 3 heterocycles. The van der Waals surface area contributed by atoms with E-state index in [1.165, 1.54) is 0 Å². The lowest BCUT2D eigenvalue weighted by Crippen LogP contribution is -2.18. The lowest BCUT2D eigenvalue weighted by Gasteiger charge is -2.28. The lowest BCUT2D eigenvalue weighted by atomic mass is 9.78. The Morgan fingerprint density at radius 3 is 2.23 bits per heavy atom. The second kappa shape index (κ2) is 8.24. The number of pyridine rings is 1. The van der Waals surface area contributed by atoms with E-state index in [9.17, 15) is 4.79 Å². The maximum Gasteiger partial charge on any atom is 0.201 e. The molecule has 174 valence electrons. The van der Waals surface area contributed by atoms with Crippen molar-refractivity contribution in [3.05, 3.63) is 88.3 Å². The number of hydrogen-bond donors (Lipinski definition) is 1. The van der Waals surface area contributed by atoms with E-state index in [0.29, 0.717) is 33.8 Å². The minimum atomic E-state index is -0.0740. The molecule has 0 radical (unpaired) electrons. The highest BCUT2D eigenvalue weighted by atomic mass is 16.3. The van der Waals surface area contributed by atoms with Crippen LogP contribution in [-0.4, -0.2) is 14.8 Å². The van der Waals surface area contributed by atoms with Gasteiger partial charge in [-0.1, -0.05) is 67.1 Å². The highest BCUT2D eigenvalue weighted by Crippen LogP contribution is 2.45. The van der Waals surface area contributed by atoms with Gasteiger partial charge in [-0.2, -0.15) is 5.10 Å². The summed E-state index contributed by atoms with van der Waals surface area (Å²) < 4.78 is 8.51. The zero-order valence-corrected chi connectivity index (χ0v) is 19.8. The number of benzene rings is 2. The fraction of sp³-hybridized carbons (Fsp3) is 0.207. The van der Waals surface area contributed by atoms with Crippen molar-refractivity contribution in [2.24, 2.45) is 7.05 Å². The molecule has 5 aromatic rings. The first-order chi connectivity index (χ1) is 17.0. The van der Waals surface area contributed by atoms with Crippen molar-refractivity contribution in [3.63, 3.8) is 0 Å². The minimum absolute atomic E-state index is 0.0740. The van der Waals surface area contributed by atoms with Gasteiger partial charge in [0.1, 0.15) is 17.3 Å². The molecule has 0 unspecified atom stereocenters. The quantitative estimate of drug-likeness (QED) is 0.350. The van der Waals surface area contributed by atoms with Gasteiger partial charge in [0, 0.05) is 29.4 Å². The summed E-state index contributed by atoms with van der Waals surface area (Å²) in [6.07, 6.45) is 4.86. The van der Waals surface area contributed by atoms with Gasteiger partial charge in [-0.3, -0.25) is 9.48 Å². The summed E-state index contributed by atoms with van der Waals surface area (Å²) >= 11 is 0. The third-order valence-electron chi connectivity index (χ3n) is 7.21. The molecule has 1 aliphatic carbocycles. The number of nitrogens with zero attached hydrogens (tertiary/aromatic N) is 3. The molecule has 2 N–H and O–H groups in total. The molecule has 0 atom stereocenters. The summed E-state index contributed by atoms with van der Waals surface area (Å²) in [5, 5.41) is 4.94. The van der Waals surface area contributed by atoms with Crippen LogP contribution in [0.25, 0.3) is 44.7 Å². The van der Waals surface area contributed by atoms with Crippen molar-refractivity contribution in [3.8, 4) is 33.7 Å². The van der Waals surface area contributed by atoms with Crippen molar-refractivity contribution >= 4 is 16.8 Å². The third-order valence-corrected chi connectivity index (χ3v) is 7.21. The number of nitrogen functional groups attached to an aromatic ring is 1. The van der Waals surface area contributed by atoms with Gasteiger partial charge in [-0.25, -0.2) is 4.98 Å². The third kappa shape index (κ3) is 3.36. The van der Waals surface area contributed by atoms with Crippen molar-refractivity contribution in [2.45, 2.75) is 32.1 Å². The summed E-state index contributed by atoms with van der Waals surface area (Å²) in [5.41, 5.74) is 12.3. The highest BCUT2D eigenvalue weighted by molar-refractivity contribution is 5.99. The number of aromatic nitrogens is 3. The van der Waals surface area contributed by atoms with Crippen LogP contribution in [0.3, 0.4) is 0 Å². The molecular weight excluding hydrogens is 436 g/mol. The van der Waals surface area contributed by atoms with E-state index < -0.39 is 0 Å². The van der Waals surface area contributed by atoms with Gasteiger partial charge in [0.2, 0.25) is 5.43 Å². The molecule has 6 nitrogen and oxygen atoms in total. The lowest BCUT2D eigenvalue weighted by molar-refractivity contribution is 0.422. The van der Waals surface area contributed by atoms with Gasteiger partial charge >= 0.3 is 0 Å². The first-order valence-electron chi connectivity index (χ1n) is 11.9. The number of fused-ring (bicyclic) bond motifs is 1. The smallest absolute Gasteiger partial charge is 0.201 e. The topological polar surface area (TPSA) is 86.9 Å². The van der Waals surface area contributed by atoms with Crippen LogP contribution in [0.5, 0.6) is 0 Å². The van der Waals surface area contributed by atoms with Crippen LogP contribution >= 0.6 is 0 Å². The second-order valence-corrected chi connectivity index (χ2v) is 9.23. The number of rotatable bonds is 4. The molecule has 0 bridgehead atoms. The van der Waals surface area contributed by atoms with E-state index in [0.717, 1.165) is 47.2 Å². The molecule has 0 aliphatic heterocycles. The van der Waals surface area contributed by atoms with Crippen LogP contribution in [0, 0.1) is 6.92 Å². The van der Waals surface area contributed by atoms with E-state index in [-0.39, 0.29) is 11.3 Å². The van der Waals surface area contributed by atoms with Gasteiger partial charge in [0.15, 0.2) is 5.58 Å². The van der Waals surface area contributed by atoms with Crippen LogP contribution < -0.4 is 11.2 Å². The Morgan fingerprint density at radius 2 is 1.66 bits per heavy atom. The Labute approximate surface area is 203 Å². The molecule has 1 saturated carbocycles. The molecule has 2 aromatic carbocycles. The first kappa shape index (κ1) is 21.4. The summed E-state index contributed by atoms with van der Waals surface area (Å²) in [5.74, 6) is 1.14. The largest absolute Gasteiger partial charge is 0.453 e. The second-order valence-electron chi connectivity index (χ2n) is 9.23. The van der Waals surface area contributed by atoms with Crippen LogP contribution in [0.1, 0.15) is 36.4 Å². The average molecular weight is 463 g/mol. The average Bonchev–Trinajstić information content (AvgIpc) is 3.18. The highest BCUT2D eigenvalue weighted by Gasteiger charge is 2.31. The number of hydrogen-bond acceptors (Lipinski definition) is 5. The van der Waals surface area contributed by atoms with E-state index in [4.69, 9.17) is 15.1 Å². The molecule has 6 rings (SSSR count). The Morgan fingerprint density at radius 1 is 1.00 bits per heavy atom. The first-order valence-corrected chi connectivity index (χ1v) is 11.9. The predicted molar refractivity (Wildman–Crippen MR) is 139 cm³/mol. The predicted octanol–water partition coefficient (Wildman–Crippen LogP) is 6.08. The Hall–Kier alpha value is -4.19. The standard InChI is InChI=1S/C29H26N4O2/c1-17-21(16-31-33(17)2)25-28-24(22(29(30)32-25)18-14-9-15-18)26(34)23(19-10-5-3-6-11-19)27(35-28)20-12-7-4-8-13-20/h3-8,10-13,16,18H,9,14-15H2,1-2H3,(H2,30,32). The summed E-state index contributed by atoms with van der Waals surface area (Å²) in [4.78, 5) is 19.3. The fourth-order valence-corrected chi connectivity index (χ4v) is 4.99. The molecule has 35 heavy (non-hydrogen) atoms. The molecule has 1 aliphatic rings. The maximum atomic E-state index is 14.5. The van der Waals surface area contributed by atoms with Crippen molar-refractivity contribution in [1.29, 1.82) is 0 Å². The van der Waals surface area contributed by atoms with E-state index in [1.54, 1.807) is 10.9 Å². The van der Waals surface area contributed by atoms with Gasteiger partial charge in [-0.15, -0.1) is 0 Å². The van der Waals surface area contributed by atoms with E-state index in [1.807, 2.05) is 74.6 Å². The Kier molecular flexibility index (Phi) is 5.02. The number of aryl methyl sites for hydroxylation is 1. The van der Waals surface area contributed by atoms with Gasteiger partial charge in [0.05, 0.1) is 17.1 Å². The van der Waals surface area contributed by atoms with Gasteiger partial charge in [0.25, 0.3) is 0 Å². The number of nitrogens with two attached hydrogens (primary N) is 1. The molecule has 6 heteroatoms. The summed E-state index contributed by atoms with van der Waals surface area (Å²) in [6, 6.07) is 19.5. The normalized spacial score (nSPS) is 13.8. The molecule has 1 fully saturated rings. The van der Waals surface area contributed by atoms with Crippen molar-refractivity contribution in [2.75, 3.05) is 5.73 Å². The van der Waals surface area contributed by atoms with Crippen LogP contribution in [0.2, 0.25) is 0 Å². The molecule has 0 amide bonds. The van der Waals surface area contributed by atoms with Crippen molar-refractivity contribution in [1.82, 2.24) is 14.8 Å². The van der Waals surface area contributed by atoms with Crippen LogP contribution in [0.4, 0.5) is 5.82 Å². The molecule has 3 aromatic heterocycles. The Balaban J connectivity index is 1.80. The zero-order chi connectivity index (χ0) is 24.1. The molecule has 0 saturated heterocycles. The maximum absolute atomic E-state index is 14.5. The summed E-state index contributed by atoms with van der Waals surface area (Å²) in [7, 11) is 1.88. The fourth-order valence-electron chi connectivity index (χ4n) is 4.99. The summed E-state index contributed by atoms with van der Waals surface area (Å²) in [6.45, 7) is 1.97. The Bertz CT molecular complexity index is 1610. The molecule has 0 spiro atoms. The van der Waals surface area contributed by atoms with Gasteiger partial charge in [-0.05, 0) is 31.2 Å². The van der Waals surface area contributed by atoms with Gasteiger partial charge < -0.3 is 10.2 Å². The van der Waals surface area contributed by atoms with Crippen LogP contribution in [0.15, 0.2) is 76.1 Å². The zero-order valence-electron chi connectivity index (χ0n) is 19.8. The van der Waals surface area contributed by atoms with Crippen molar-refractivity contribution < 1.29 is 4.42 Å². The minimum Gasteiger partial charge on any atom is -0.453 e. The van der Waals surface area contributed by atoms with E-state index >= 15 is 0 Å². The van der Waals surface area contributed by atoms with E-state index in [2.05, 4.69) is 5.10 Å². The monoisotopic (exact) mass is 462 g/mol.